The van der Waals surface area contributed by atoms with Crippen molar-refractivity contribution >= 4 is 109 Å². The second-order valence-electron chi connectivity index (χ2n) is 0.310. The molecule has 54 valence electrons. The van der Waals surface area contributed by atoms with E-state index in [0.29, 0.717) is 0 Å². The van der Waals surface area contributed by atoms with E-state index >= 15 is 0 Å². The summed E-state index contributed by atoms with van der Waals surface area (Å²) in [5, 5.41) is 5.86. The maximum absolute atomic E-state index is 5.86. The van der Waals surface area contributed by atoms with Gasteiger partial charge < -0.3 is 5.73 Å². The third kappa shape index (κ3) is 71.5. The van der Waals surface area contributed by atoms with Crippen LogP contribution in [0, 0.1) is 5.41 Å². The van der Waals surface area contributed by atoms with Crippen molar-refractivity contribution in [1.82, 2.24) is 0 Å². The zero-order valence-electron chi connectivity index (χ0n) is 4.17. The van der Waals surface area contributed by atoms with Crippen molar-refractivity contribution in [2.24, 2.45) is 5.73 Å². The maximum atomic E-state index is 5.86. The molecule has 0 rings (SSSR count). The fourth-order valence-corrected chi connectivity index (χ4v) is 0. The first-order chi connectivity index (χ1) is 4.24. The second-order valence-corrected chi connectivity index (χ2v) is 56.6. The van der Waals surface area contributed by atoms with Crippen LogP contribution in [-0.4, -0.2) is 37.6 Å². The number of rotatable bonds is 0. The normalized spacial score (nSPS) is 5.33. The van der Waals surface area contributed by atoms with Gasteiger partial charge in [0.25, 0.3) is 0 Å². The van der Waals surface area contributed by atoms with Crippen molar-refractivity contribution in [3.63, 3.8) is 0 Å². The number of hydrogen-bond donors (Lipinski definition) is 2. The molecule has 0 aromatic heterocycles. The van der Waals surface area contributed by atoms with Gasteiger partial charge in [0.15, 0.2) is 0 Å². The molecule has 4 radical (unpaired) electrons. The Balaban J connectivity index is -0.0000000600. The Bertz CT molecular complexity index is 35.7. The molecule has 0 fully saturated rings. The predicted molar refractivity (Wildman–Crippen MR) is 80.6 cm³/mol. The van der Waals surface area contributed by atoms with Gasteiger partial charge >= 0.3 is 102 Å². The number of halogens is 4. The first kappa shape index (κ1) is 18.9. The molecule has 0 saturated carbocycles. The summed E-state index contributed by atoms with van der Waals surface area (Å²) < 4.78 is 0. The Hall–Kier alpha value is 4.23. The molecule has 0 spiro atoms. The van der Waals surface area contributed by atoms with Crippen LogP contribution in [0.3, 0.4) is 0 Å². The standard InChI is InChI=1S/CH4N2.4HI.2Pb/c2-1-3;;;;;;/h1H,(H3,2,3);4*1H;;/q;;;;;2*+2/p-4. The monoisotopic (exact) mass is 968 g/mol. The quantitative estimate of drug-likeness (QED) is 0.167. The molecule has 3 N–H and O–H groups in total. The van der Waals surface area contributed by atoms with Crippen LogP contribution in [0.15, 0.2) is 0 Å². The van der Waals surface area contributed by atoms with Crippen molar-refractivity contribution < 1.29 is 0 Å². The summed E-state index contributed by atoms with van der Waals surface area (Å²) >= 11 is 9.92. The molecule has 0 unspecified atom stereocenters. The van der Waals surface area contributed by atoms with Crippen LogP contribution in [0.1, 0.15) is 0 Å². The summed E-state index contributed by atoms with van der Waals surface area (Å²) in [6.45, 7) is 0. The van der Waals surface area contributed by atoms with Crippen LogP contribution in [0.4, 0.5) is 0 Å². The van der Waals surface area contributed by atoms with Gasteiger partial charge in [-0.25, -0.2) is 0 Å². The number of nitrogens with two attached hydrogens (primary N) is 1. The molecule has 0 bridgehead atoms. The van der Waals surface area contributed by atoms with E-state index in [2.05, 4.69) is 76.8 Å². The van der Waals surface area contributed by atoms with Crippen molar-refractivity contribution in [1.29, 1.82) is 5.41 Å². The SMILES string of the molecule is N=CN.[I][Pb][I].[I][Pb][I]. The van der Waals surface area contributed by atoms with Crippen LogP contribution in [0.25, 0.3) is 0 Å². The van der Waals surface area contributed by atoms with E-state index in [4.69, 9.17) is 5.41 Å². The zero-order chi connectivity index (χ0) is 8.12. The molecule has 0 aliphatic rings. The first-order valence-corrected chi connectivity index (χ1v) is 45.1. The average molecular weight is 966 g/mol. The van der Waals surface area contributed by atoms with E-state index in [-0.39, 0.29) is 31.3 Å². The predicted octanol–water partition coefficient (Wildman–Crippen LogP) is 2.33. The number of hydrogen-bond acceptors (Lipinski definition) is 1. The van der Waals surface area contributed by atoms with Crippen molar-refractivity contribution in [3.05, 3.63) is 0 Å². The van der Waals surface area contributed by atoms with Crippen molar-refractivity contribution in [2.75, 3.05) is 0 Å². The molecule has 0 aliphatic carbocycles. The Morgan fingerprint density at radius 3 is 1.11 bits per heavy atom. The van der Waals surface area contributed by atoms with Crippen molar-refractivity contribution in [3.8, 4) is 0 Å². The van der Waals surface area contributed by atoms with Crippen molar-refractivity contribution in [2.45, 2.75) is 0 Å². The van der Waals surface area contributed by atoms with Gasteiger partial charge in [-0.3, -0.25) is 5.41 Å². The second kappa shape index (κ2) is 29.5. The summed E-state index contributed by atoms with van der Waals surface area (Å²) in [6.07, 6.45) is 0.750. The molecule has 0 aliphatic heterocycles. The molecule has 0 amide bonds. The van der Waals surface area contributed by atoms with E-state index < -0.39 is 0 Å². The number of nitrogens with one attached hydrogen (secondary N) is 1. The third-order valence-electron chi connectivity index (χ3n) is 0. The van der Waals surface area contributed by atoms with Gasteiger partial charge in [-0.15, -0.1) is 0 Å². The van der Waals surface area contributed by atoms with Gasteiger partial charge in [0.1, 0.15) is 0 Å². The fraction of sp³-hybridized carbons (Fsp3) is 0. The van der Waals surface area contributed by atoms with Gasteiger partial charge in [0.05, 0.1) is 6.34 Å². The van der Waals surface area contributed by atoms with Gasteiger partial charge in [-0.1, -0.05) is 0 Å². The van der Waals surface area contributed by atoms with E-state index in [1.165, 1.54) is 0 Å². The summed E-state index contributed by atoms with van der Waals surface area (Å²) in [4.78, 5) is 0. The van der Waals surface area contributed by atoms with Gasteiger partial charge in [-0.05, 0) is 0 Å². The molecular weight excluding hydrogens is 962 g/mol. The molecule has 0 heterocycles. The molecule has 8 heteroatoms. The van der Waals surface area contributed by atoms with E-state index in [1.54, 1.807) is 0 Å². The minimum atomic E-state index is 0.0233. The average Bonchev–Trinajstić information content (AvgIpc) is 1.70. The van der Waals surface area contributed by atoms with Gasteiger partial charge in [0, 0.05) is 0 Å². The first-order valence-electron chi connectivity index (χ1n) is 1.38. The molecule has 0 aromatic carbocycles. The van der Waals surface area contributed by atoms with Crippen LogP contribution in [0.5, 0.6) is 0 Å². The molecule has 0 aromatic rings. The molecular formula is CH4I4N2Pb2. The molecule has 0 atom stereocenters. The summed E-state index contributed by atoms with van der Waals surface area (Å²) in [7, 11) is 0. The minimum absolute atomic E-state index is 0.0233. The summed E-state index contributed by atoms with van der Waals surface area (Å²) in [5.41, 5.74) is 4.39. The molecule has 0 saturated heterocycles. The molecule has 2 nitrogen and oxygen atoms in total. The Kier molecular flexibility index (Phi) is 62.0. The summed E-state index contributed by atoms with van der Waals surface area (Å²) in [6, 6.07) is 0. The summed E-state index contributed by atoms with van der Waals surface area (Å²) in [5.74, 6) is 0. The fourth-order valence-electron chi connectivity index (χ4n) is 0. The van der Waals surface area contributed by atoms with Crippen LogP contribution < -0.4 is 5.73 Å². The van der Waals surface area contributed by atoms with Crippen LogP contribution >= 0.6 is 71.0 Å². The van der Waals surface area contributed by atoms with Gasteiger partial charge in [-0.2, -0.15) is 0 Å². The van der Waals surface area contributed by atoms with E-state index in [0.717, 1.165) is 6.34 Å². The van der Waals surface area contributed by atoms with Crippen LogP contribution in [0.2, 0.25) is 0 Å². The topological polar surface area (TPSA) is 49.9 Å². The Morgan fingerprint density at radius 2 is 1.11 bits per heavy atom. The Morgan fingerprint density at radius 1 is 1.11 bits per heavy atom. The van der Waals surface area contributed by atoms with Crippen LogP contribution in [-0.2, 0) is 0 Å². The molecule has 9 heavy (non-hydrogen) atoms. The third-order valence-corrected chi connectivity index (χ3v) is 0. The Labute approximate surface area is 116 Å². The zero-order valence-corrected chi connectivity index (χ0v) is 20.6. The van der Waals surface area contributed by atoms with Gasteiger partial charge in [0.2, 0.25) is 0 Å². The van der Waals surface area contributed by atoms with E-state index in [9.17, 15) is 0 Å². The van der Waals surface area contributed by atoms with E-state index in [1.807, 2.05) is 0 Å².